The van der Waals surface area contributed by atoms with Crippen molar-refractivity contribution < 1.29 is 19.5 Å². The molecule has 2 amide bonds. The SMILES string of the molecule is NCCNC(=O)CCC(NC(=O)c1ccc(NCc2ccc3nc(N)[nH]c(=O)c3c2)cc1)C(=O)O. The molecule has 0 fully saturated rings. The van der Waals surface area contributed by atoms with Crippen molar-refractivity contribution in [2.24, 2.45) is 5.73 Å². The second-order valence-electron chi connectivity index (χ2n) is 7.78. The number of benzene rings is 2. The number of amides is 2. The van der Waals surface area contributed by atoms with E-state index in [2.05, 4.69) is 25.9 Å². The van der Waals surface area contributed by atoms with Gasteiger partial charge in [-0.2, -0.15) is 0 Å². The second-order valence-corrected chi connectivity index (χ2v) is 7.78. The Labute approximate surface area is 200 Å². The summed E-state index contributed by atoms with van der Waals surface area (Å²) in [5.74, 6) is -2.06. The lowest BCUT2D eigenvalue weighted by molar-refractivity contribution is -0.139. The van der Waals surface area contributed by atoms with E-state index in [-0.39, 0.29) is 42.4 Å². The molecule has 3 rings (SSSR count). The molecule has 1 atom stereocenters. The van der Waals surface area contributed by atoms with Crippen LogP contribution in [0.1, 0.15) is 28.8 Å². The third-order valence-electron chi connectivity index (χ3n) is 5.16. The van der Waals surface area contributed by atoms with Crippen molar-refractivity contribution in [3.8, 4) is 0 Å². The summed E-state index contributed by atoms with van der Waals surface area (Å²) in [6.45, 7) is 0.998. The third kappa shape index (κ3) is 7.01. The van der Waals surface area contributed by atoms with Crippen molar-refractivity contribution in [2.75, 3.05) is 24.1 Å². The van der Waals surface area contributed by atoms with Gasteiger partial charge in [0.15, 0.2) is 0 Å². The summed E-state index contributed by atoms with van der Waals surface area (Å²) in [6, 6.07) is 10.5. The topological polar surface area (TPSA) is 205 Å². The van der Waals surface area contributed by atoms with E-state index < -0.39 is 17.9 Å². The summed E-state index contributed by atoms with van der Waals surface area (Å²) in [5.41, 5.74) is 12.9. The fraction of sp³-hybridized carbons (Fsp3) is 0.261. The number of rotatable bonds is 11. The molecule has 3 aromatic rings. The van der Waals surface area contributed by atoms with Gasteiger partial charge < -0.3 is 32.5 Å². The number of carboxylic acids is 1. The van der Waals surface area contributed by atoms with E-state index in [1.807, 2.05) is 6.07 Å². The predicted molar refractivity (Wildman–Crippen MR) is 131 cm³/mol. The van der Waals surface area contributed by atoms with Crippen LogP contribution in [0.15, 0.2) is 47.3 Å². The van der Waals surface area contributed by atoms with Crippen LogP contribution in [0.2, 0.25) is 0 Å². The van der Waals surface area contributed by atoms with E-state index in [1.54, 1.807) is 36.4 Å². The zero-order valence-corrected chi connectivity index (χ0v) is 18.8. The van der Waals surface area contributed by atoms with E-state index in [1.165, 1.54) is 0 Å². The molecule has 1 heterocycles. The van der Waals surface area contributed by atoms with Crippen LogP contribution in [0.4, 0.5) is 11.6 Å². The van der Waals surface area contributed by atoms with Gasteiger partial charge >= 0.3 is 5.97 Å². The summed E-state index contributed by atoms with van der Waals surface area (Å²) >= 11 is 0. The van der Waals surface area contributed by atoms with Crippen LogP contribution in [0.5, 0.6) is 0 Å². The van der Waals surface area contributed by atoms with Crippen LogP contribution in [-0.4, -0.2) is 52.0 Å². The minimum absolute atomic E-state index is 0.0478. The minimum Gasteiger partial charge on any atom is -0.480 e. The van der Waals surface area contributed by atoms with Gasteiger partial charge in [-0.05, 0) is 48.4 Å². The Kier molecular flexibility index (Phi) is 8.35. The molecule has 0 radical (unpaired) electrons. The average molecular weight is 482 g/mol. The maximum atomic E-state index is 12.5. The Morgan fingerprint density at radius 3 is 2.54 bits per heavy atom. The van der Waals surface area contributed by atoms with Crippen molar-refractivity contribution in [3.05, 3.63) is 63.9 Å². The second kappa shape index (κ2) is 11.6. The molecular formula is C23H27N7O5. The van der Waals surface area contributed by atoms with E-state index in [9.17, 15) is 24.3 Å². The van der Waals surface area contributed by atoms with Crippen molar-refractivity contribution in [1.82, 2.24) is 20.6 Å². The number of H-pyrrole nitrogens is 1. The lowest BCUT2D eigenvalue weighted by atomic mass is 10.1. The summed E-state index contributed by atoms with van der Waals surface area (Å²) in [5, 5.41) is 18.0. The number of carbonyl (C=O) groups excluding carboxylic acids is 2. The number of nitrogen functional groups attached to an aromatic ring is 1. The first-order chi connectivity index (χ1) is 16.8. The normalized spacial score (nSPS) is 11.6. The van der Waals surface area contributed by atoms with E-state index >= 15 is 0 Å². The molecule has 0 saturated carbocycles. The number of nitrogens with two attached hydrogens (primary N) is 2. The number of hydrogen-bond donors (Lipinski definition) is 7. The molecule has 0 saturated heterocycles. The molecule has 0 aliphatic heterocycles. The first kappa shape index (κ1) is 25.2. The number of hydrogen-bond acceptors (Lipinski definition) is 8. The van der Waals surface area contributed by atoms with Gasteiger partial charge in [0, 0.05) is 37.3 Å². The van der Waals surface area contributed by atoms with Gasteiger partial charge in [-0.1, -0.05) is 6.07 Å². The molecule has 1 unspecified atom stereocenters. The number of anilines is 2. The van der Waals surface area contributed by atoms with Crippen LogP contribution >= 0.6 is 0 Å². The molecule has 1 aromatic heterocycles. The van der Waals surface area contributed by atoms with Gasteiger partial charge in [-0.3, -0.25) is 19.4 Å². The van der Waals surface area contributed by atoms with E-state index in [0.29, 0.717) is 24.0 Å². The number of carboxylic acid groups (broad SMARTS) is 1. The average Bonchev–Trinajstić information content (AvgIpc) is 2.84. The molecule has 0 aliphatic carbocycles. The van der Waals surface area contributed by atoms with Gasteiger partial charge in [-0.25, -0.2) is 9.78 Å². The molecule has 35 heavy (non-hydrogen) atoms. The van der Waals surface area contributed by atoms with E-state index in [0.717, 1.165) is 11.3 Å². The molecule has 2 aromatic carbocycles. The first-order valence-electron chi connectivity index (χ1n) is 10.9. The highest BCUT2D eigenvalue weighted by molar-refractivity contribution is 5.97. The molecule has 9 N–H and O–H groups in total. The fourth-order valence-corrected chi connectivity index (χ4v) is 3.33. The number of aromatic nitrogens is 2. The molecule has 184 valence electrons. The van der Waals surface area contributed by atoms with Crippen molar-refractivity contribution >= 4 is 40.3 Å². The Morgan fingerprint density at radius 1 is 1.11 bits per heavy atom. The summed E-state index contributed by atoms with van der Waals surface area (Å²) in [6.07, 6.45) is -0.0992. The van der Waals surface area contributed by atoms with Gasteiger partial charge in [-0.15, -0.1) is 0 Å². The Hall–Kier alpha value is -4.45. The molecule has 0 aliphatic rings. The Balaban J connectivity index is 1.57. The van der Waals surface area contributed by atoms with Gasteiger partial charge in [0.25, 0.3) is 11.5 Å². The molecular weight excluding hydrogens is 454 g/mol. The number of nitrogens with one attached hydrogen (secondary N) is 4. The highest BCUT2D eigenvalue weighted by Gasteiger charge is 2.21. The number of aromatic amines is 1. The largest absolute Gasteiger partial charge is 0.480 e. The lowest BCUT2D eigenvalue weighted by Crippen LogP contribution is -2.41. The number of carbonyl (C=O) groups is 3. The highest BCUT2D eigenvalue weighted by atomic mass is 16.4. The smallest absolute Gasteiger partial charge is 0.326 e. The molecule has 12 heteroatoms. The number of aliphatic carboxylic acids is 1. The number of nitrogens with zero attached hydrogens (tertiary/aromatic N) is 1. The van der Waals surface area contributed by atoms with Crippen LogP contribution in [0.3, 0.4) is 0 Å². The summed E-state index contributed by atoms with van der Waals surface area (Å²) in [7, 11) is 0. The minimum atomic E-state index is -1.23. The Morgan fingerprint density at radius 2 is 1.86 bits per heavy atom. The zero-order valence-electron chi connectivity index (χ0n) is 18.8. The van der Waals surface area contributed by atoms with Crippen LogP contribution in [0.25, 0.3) is 10.9 Å². The molecule has 0 bridgehead atoms. The first-order valence-corrected chi connectivity index (χ1v) is 10.9. The van der Waals surface area contributed by atoms with Gasteiger partial charge in [0.2, 0.25) is 11.9 Å². The monoisotopic (exact) mass is 481 g/mol. The van der Waals surface area contributed by atoms with Gasteiger partial charge in [0.05, 0.1) is 10.9 Å². The standard InChI is InChI=1S/C23H27N7O5/c24-9-10-26-19(31)8-7-18(22(34)35)28-20(32)14-2-4-15(5-3-14)27-12-13-1-6-17-16(11-13)21(33)30-23(25)29-17/h1-6,11,18,27H,7-10,12,24H2,(H,26,31)(H,28,32)(H,34,35)(H3,25,29,30,33). The predicted octanol–water partition coefficient (Wildman–Crippen LogP) is 0.156. The van der Waals surface area contributed by atoms with Crippen molar-refractivity contribution in [1.29, 1.82) is 0 Å². The Bertz CT molecular complexity index is 1270. The summed E-state index contributed by atoms with van der Waals surface area (Å²) in [4.78, 5) is 54.3. The molecule has 0 spiro atoms. The van der Waals surface area contributed by atoms with Crippen LogP contribution in [-0.2, 0) is 16.1 Å². The van der Waals surface area contributed by atoms with Crippen LogP contribution in [0, 0.1) is 0 Å². The third-order valence-corrected chi connectivity index (χ3v) is 5.16. The maximum absolute atomic E-state index is 12.5. The number of fused-ring (bicyclic) bond motifs is 1. The van der Waals surface area contributed by atoms with Crippen LogP contribution < -0.4 is 33.0 Å². The van der Waals surface area contributed by atoms with Gasteiger partial charge in [0.1, 0.15) is 6.04 Å². The molecule has 12 nitrogen and oxygen atoms in total. The quantitative estimate of drug-likeness (QED) is 0.199. The van der Waals surface area contributed by atoms with Crippen molar-refractivity contribution in [3.63, 3.8) is 0 Å². The zero-order chi connectivity index (χ0) is 25.4. The lowest BCUT2D eigenvalue weighted by Gasteiger charge is -2.15. The van der Waals surface area contributed by atoms with E-state index in [4.69, 9.17) is 11.5 Å². The summed E-state index contributed by atoms with van der Waals surface area (Å²) < 4.78 is 0. The van der Waals surface area contributed by atoms with Crippen molar-refractivity contribution in [2.45, 2.75) is 25.4 Å². The maximum Gasteiger partial charge on any atom is 0.326 e. The highest BCUT2D eigenvalue weighted by Crippen LogP contribution is 2.15. The fourth-order valence-electron chi connectivity index (χ4n) is 3.33.